The van der Waals surface area contributed by atoms with Crippen molar-refractivity contribution in [3.63, 3.8) is 0 Å². The smallest absolute Gasteiger partial charge is 0.246 e. The highest BCUT2D eigenvalue weighted by molar-refractivity contribution is 6.30. The molecule has 1 N–H and O–H groups in total. The third kappa shape index (κ3) is 3.90. The Morgan fingerprint density at radius 2 is 1.73 bits per heavy atom. The van der Waals surface area contributed by atoms with E-state index in [1.807, 2.05) is 48.5 Å². The molecule has 4 aromatic rings. The number of carbonyl (C=O) groups is 2. The van der Waals surface area contributed by atoms with Crippen molar-refractivity contribution in [3.05, 3.63) is 94.1 Å². The van der Waals surface area contributed by atoms with Crippen LogP contribution in [0.2, 0.25) is 5.02 Å². The van der Waals surface area contributed by atoms with Crippen molar-refractivity contribution in [2.45, 2.75) is 25.0 Å². The molecular formula is C29H26ClN3O4. The van der Waals surface area contributed by atoms with Crippen LogP contribution in [0.4, 0.5) is 0 Å². The summed E-state index contributed by atoms with van der Waals surface area (Å²) in [5.41, 5.74) is 4.75. The topological polar surface area (TPSA) is 74.9 Å². The number of rotatable bonds is 5. The number of ether oxygens (including phenoxy) is 2. The van der Waals surface area contributed by atoms with Gasteiger partial charge in [-0.3, -0.25) is 9.59 Å². The number of nitrogens with zero attached hydrogens (tertiary/aromatic N) is 2. The largest absolute Gasteiger partial charge is 0.493 e. The lowest BCUT2D eigenvalue weighted by Crippen LogP contribution is -2.62. The number of methoxy groups -OCH3 is 2. The minimum absolute atomic E-state index is 0.0112. The highest BCUT2D eigenvalue weighted by Gasteiger charge is 2.48. The summed E-state index contributed by atoms with van der Waals surface area (Å²) in [5, 5.41) is 1.70. The number of piperazine rings is 1. The average molecular weight is 516 g/mol. The van der Waals surface area contributed by atoms with Gasteiger partial charge in [0.25, 0.3) is 0 Å². The number of benzene rings is 3. The molecule has 1 fully saturated rings. The van der Waals surface area contributed by atoms with Crippen LogP contribution in [-0.2, 0) is 22.6 Å². The number of H-pyrrole nitrogens is 1. The molecule has 2 aliphatic heterocycles. The van der Waals surface area contributed by atoms with Gasteiger partial charge in [0.05, 0.1) is 20.3 Å². The van der Waals surface area contributed by atoms with Crippen LogP contribution in [0.1, 0.15) is 28.4 Å². The van der Waals surface area contributed by atoms with Crippen LogP contribution in [0.25, 0.3) is 10.9 Å². The van der Waals surface area contributed by atoms with Gasteiger partial charge < -0.3 is 24.3 Å². The van der Waals surface area contributed by atoms with Crippen molar-refractivity contribution in [2.75, 3.05) is 20.8 Å². The third-order valence-electron chi connectivity index (χ3n) is 7.35. The fourth-order valence-electron chi connectivity index (χ4n) is 5.64. The van der Waals surface area contributed by atoms with Gasteiger partial charge in [-0.15, -0.1) is 0 Å². The second kappa shape index (κ2) is 9.16. The van der Waals surface area contributed by atoms with Gasteiger partial charge in [0.2, 0.25) is 11.8 Å². The Morgan fingerprint density at radius 3 is 2.49 bits per heavy atom. The lowest BCUT2D eigenvalue weighted by Gasteiger charge is -2.47. The number of fused-ring (bicyclic) bond motifs is 4. The van der Waals surface area contributed by atoms with Crippen molar-refractivity contribution < 1.29 is 19.1 Å². The van der Waals surface area contributed by atoms with Gasteiger partial charge in [-0.05, 0) is 47.0 Å². The van der Waals surface area contributed by atoms with E-state index in [9.17, 15) is 9.59 Å². The van der Waals surface area contributed by atoms with Crippen LogP contribution in [0.5, 0.6) is 11.5 Å². The summed E-state index contributed by atoms with van der Waals surface area (Å²) in [6.07, 6.45) is 0.449. The molecule has 3 aromatic carbocycles. The van der Waals surface area contributed by atoms with Crippen LogP contribution in [0.15, 0.2) is 66.7 Å². The average Bonchev–Trinajstić information content (AvgIpc) is 3.29. The van der Waals surface area contributed by atoms with Crippen LogP contribution in [-0.4, -0.2) is 53.4 Å². The van der Waals surface area contributed by atoms with Gasteiger partial charge in [0.1, 0.15) is 12.6 Å². The Kier molecular flexibility index (Phi) is 5.80. The molecule has 7 nitrogen and oxygen atoms in total. The molecule has 2 amide bonds. The van der Waals surface area contributed by atoms with Crippen molar-refractivity contribution in [2.24, 2.45) is 0 Å². The van der Waals surface area contributed by atoms with E-state index < -0.39 is 12.1 Å². The number of aromatic amines is 1. The molecule has 2 atom stereocenters. The summed E-state index contributed by atoms with van der Waals surface area (Å²) in [7, 11) is 3.18. The summed E-state index contributed by atoms with van der Waals surface area (Å²) in [6, 6.07) is 20.0. The Hall–Kier alpha value is -3.97. The molecule has 0 saturated carbocycles. The number of amides is 2. The maximum atomic E-state index is 13.9. The number of nitrogens with one attached hydrogen (secondary N) is 1. The minimum Gasteiger partial charge on any atom is -0.493 e. The Bertz CT molecular complexity index is 1510. The summed E-state index contributed by atoms with van der Waals surface area (Å²) in [6.45, 7) is 0.366. The summed E-state index contributed by atoms with van der Waals surface area (Å²) >= 11 is 6.04. The molecule has 2 aliphatic rings. The van der Waals surface area contributed by atoms with Crippen LogP contribution in [0.3, 0.4) is 0 Å². The predicted molar refractivity (Wildman–Crippen MR) is 141 cm³/mol. The molecule has 6 rings (SSSR count). The van der Waals surface area contributed by atoms with Gasteiger partial charge in [0, 0.05) is 34.6 Å². The Morgan fingerprint density at radius 1 is 0.973 bits per heavy atom. The van der Waals surface area contributed by atoms with Crippen molar-refractivity contribution in [1.29, 1.82) is 0 Å². The molecular weight excluding hydrogens is 490 g/mol. The normalized spacial score (nSPS) is 19.1. The number of carbonyl (C=O) groups excluding carboxylic acids is 2. The van der Waals surface area contributed by atoms with Crippen molar-refractivity contribution >= 4 is 34.3 Å². The molecule has 0 unspecified atom stereocenters. The Labute approximate surface area is 219 Å². The summed E-state index contributed by atoms with van der Waals surface area (Å²) in [4.78, 5) is 34.6. The number of hydrogen-bond donors (Lipinski definition) is 1. The summed E-state index contributed by atoms with van der Waals surface area (Å²) in [5.74, 6) is 1.02. The lowest BCUT2D eigenvalue weighted by atomic mass is 9.86. The molecule has 0 aliphatic carbocycles. The van der Waals surface area contributed by atoms with E-state index in [0.717, 1.165) is 33.3 Å². The van der Waals surface area contributed by atoms with Gasteiger partial charge in [0.15, 0.2) is 11.5 Å². The molecule has 1 saturated heterocycles. The van der Waals surface area contributed by atoms with E-state index in [1.54, 1.807) is 36.2 Å². The van der Waals surface area contributed by atoms with Gasteiger partial charge in [-0.1, -0.05) is 48.0 Å². The maximum absolute atomic E-state index is 13.9. The maximum Gasteiger partial charge on any atom is 0.246 e. The number of para-hydroxylation sites is 1. The first-order valence-electron chi connectivity index (χ1n) is 12.1. The molecule has 3 heterocycles. The fourth-order valence-corrected chi connectivity index (χ4v) is 5.76. The highest BCUT2D eigenvalue weighted by atomic mass is 35.5. The first-order chi connectivity index (χ1) is 18.0. The summed E-state index contributed by atoms with van der Waals surface area (Å²) < 4.78 is 11.0. The standard InChI is InChI=1S/C29H26ClN3O4/c1-36-24-12-9-18(13-25(24)37-2)28-27-21(20-5-3-4-6-22(20)31-27)14-23-29(35)32(16-26(34)33(23)28)15-17-7-10-19(30)11-8-17/h3-13,23,28,31H,14-16H2,1-2H3/t23-,28+/m0/s1. The predicted octanol–water partition coefficient (Wildman–Crippen LogP) is 4.72. The third-order valence-corrected chi connectivity index (χ3v) is 7.60. The second-order valence-corrected chi connectivity index (χ2v) is 9.86. The molecule has 1 aromatic heterocycles. The molecule has 37 heavy (non-hydrogen) atoms. The molecule has 8 heteroatoms. The first kappa shape index (κ1) is 23.4. The van der Waals surface area contributed by atoms with Crippen molar-refractivity contribution in [3.8, 4) is 11.5 Å². The van der Waals surface area contributed by atoms with E-state index in [0.29, 0.717) is 29.5 Å². The molecule has 0 radical (unpaired) electrons. The molecule has 188 valence electrons. The van der Waals surface area contributed by atoms with E-state index in [2.05, 4.69) is 11.1 Å². The van der Waals surface area contributed by atoms with Gasteiger partial charge in [-0.2, -0.15) is 0 Å². The molecule has 0 spiro atoms. The Balaban J connectivity index is 1.46. The number of hydrogen-bond acceptors (Lipinski definition) is 4. The number of halogens is 1. The monoisotopic (exact) mass is 515 g/mol. The first-order valence-corrected chi connectivity index (χ1v) is 12.5. The molecule has 0 bridgehead atoms. The number of aromatic nitrogens is 1. The van der Waals surface area contributed by atoms with E-state index in [-0.39, 0.29) is 18.4 Å². The minimum atomic E-state index is -0.613. The SMILES string of the molecule is COc1ccc([C@@H]2c3[nH]c4ccccc4c3C[C@H]3C(=O)N(Cc4ccc(Cl)cc4)CC(=O)N23)cc1OC. The zero-order valence-electron chi connectivity index (χ0n) is 20.5. The lowest BCUT2D eigenvalue weighted by molar-refractivity contribution is -0.159. The van der Waals surface area contributed by atoms with Gasteiger partial charge >= 0.3 is 0 Å². The van der Waals surface area contributed by atoms with E-state index in [1.165, 1.54) is 0 Å². The zero-order valence-corrected chi connectivity index (χ0v) is 21.3. The van der Waals surface area contributed by atoms with Gasteiger partial charge in [-0.25, -0.2) is 0 Å². The van der Waals surface area contributed by atoms with Crippen LogP contribution >= 0.6 is 11.6 Å². The quantitative estimate of drug-likeness (QED) is 0.417. The van der Waals surface area contributed by atoms with E-state index >= 15 is 0 Å². The van der Waals surface area contributed by atoms with Crippen molar-refractivity contribution in [1.82, 2.24) is 14.8 Å². The van der Waals surface area contributed by atoms with Crippen LogP contribution in [0, 0.1) is 0 Å². The second-order valence-electron chi connectivity index (χ2n) is 9.42. The zero-order chi connectivity index (χ0) is 25.7. The fraction of sp³-hybridized carbons (Fsp3) is 0.241. The highest BCUT2D eigenvalue weighted by Crippen LogP contribution is 2.44. The van der Waals surface area contributed by atoms with E-state index in [4.69, 9.17) is 21.1 Å². The van der Waals surface area contributed by atoms with Crippen LogP contribution < -0.4 is 9.47 Å².